The maximum Gasteiger partial charge on any atom is 0.417 e. The lowest BCUT2D eigenvalue weighted by Crippen LogP contribution is -2.47. The third-order valence-corrected chi connectivity index (χ3v) is 6.61. The van der Waals surface area contributed by atoms with Crippen LogP contribution < -0.4 is 15.4 Å². The average molecular weight is 512 g/mol. The highest BCUT2D eigenvalue weighted by Gasteiger charge is 2.34. The monoisotopic (exact) mass is 511 g/mol. The summed E-state index contributed by atoms with van der Waals surface area (Å²) >= 11 is 5.96. The maximum absolute atomic E-state index is 12.7. The van der Waals surface area contributed by atoms with E-state index < -0.39 is 23.9 Å². The second-order valence-electron chi connectivity index (χ2n) is 8.85. The van der Waals surface area contributed by atoms with Crippen LogP contribution in [0.25, 0.3) is 0 Å². The van der Waals surface area contributed by atoms with Crippen LogP contribution >= 0.6 is 11.6 Å². The minimum atomic E-state index is -4.45. The molecule has 0 radical (unpaired) electrons. The zero-order chi connectivity index (χ0) is 25.2. The molecule has 1 aliphatic heterocycles. The Morgan fingerprint density at radius 2 is 1.86 bits per heavy atom. The standard InChI is InChI=1S/C24H25ClF3N3O4/c25-15-4-8-20-18(9-15)19(32)10-21(35-20)23(34)31-16-5-1-13(2-6-16)22(33)30-12-17-7-3-14(11-29-17)24(26,27)28/h3-4,7-9,11,13,16,19,21,32H,1-2,5-6,10,12H2,(H,30,33)(H,31,34). The maximum atomic E-state index is 12.7. The summed E-state index contributed by atoms with van der Waals surface area (Å²) < 4.78 is 43.6. The average Bonchev–Trinajstić information content (AvgIpc) is 2.83. The topological polar surface area (TPSA) is 101 Å². The van der Waals surface area contributed by atoms with Crippen LogP contribution in [0, 0.1) is 5.92 Å². The van der Waals surface area contributed by atoms with Gasteiger partial charge in [0.1, 0.15) is 5.75 Å². The molecule has 0 saturated heterocycles. The highest BCUT2D eigenvalue weighted by Crippen LogP contribution is 2.36. The fourth-order valence-electron chi connectivity index (χ4n) is 4.39. The number of pyridine rings is 1. The van der Waals surface area contributed by atoms with Gasteiger partial charge in [-0.2, -0.15) is 13.2 Å². The molecule has 1 aromatic carbocycles. The number of carbonyl (C=O) groups excluding carboxylic acids is 2. The number of hydrogen-bond donors (Lipinski definition) is 3. The number of carbonyl (C=O) groups is 2. The van der Waals surface area contributed by atoms with E-state index in [1.165, 1.54) is 6.07 Å². The highest BCUT2D eigenvalue weighted by molar-refractivity contribution is 6.30. The van der Waals surface area contributed by atoms with E-state index in [1.54, 1.807) is 18.2 Å². The van der Waals surface area contributed by atoms with Gasteiger partial charge in [0.05, 0.1) is 23.9 Å². The Morgan fingerprint density at radius 1 is 1.11 bits per heavy atom. The third-order valence-electron chi connectivity index (χ3n) is 6.37. The van der Waals surface area contributed by atoms with E-state index in [0.717, 1.165) is 12.3 Å². The number of nitrogens with one attached hydrogen (secondary N) is 2. The van der Waals surface area contributed by atoms with E-state index in [2.05, 4.69) is 15.6 Å². The molecule has 11 heteroatoms. The van der Waals surface area contributed by atoms with Crippen LogP contribution in [-0.4, -0.2) is 34.1 Å². The van der Waals surface area contributed by atoms with Crippen LogP contribution in [0.2, 0.25) is 5.02 Å². The first-order valence-electron chi connectivity index (χ1n) is 11.3. The van der Waals surface area contributed by atoms with Crippen molar-refractivity contribution in [2.75, 3.05) is 0 Å². The summed E-state index contributed by atoms with van der Waals surface area (Å²) in [7, 11) is 0. The van der Waals surface area contributed by atoms with E-state index in [1.807, 2.05) is 0 Å². The number of aromatic nitrogens is 1. The first-order valence-corrected chi connectivity index (χ1v) is 11.7. The Kier molecular flexibility index (Phi) is 7.51. The smallest absolute Gasteiger partial charge is 0.417 e. The van der Waals surface area contributed by atoms with Crippen molar-refractivity contribution in [2.45, 2.75) is 63.1 Å². The van der Waals surface area contributed by atoms with Gasteiger partial charge in [0, 0.05) is 35.2 Å². The van der Waals surface area contributed by atoms with Crippen LogP contribution in [0.3, 0.4) is 0 Å². The summed E-state index contributed by atoms with van der Waals surface area (Å²) in [4.78, 5) is 29.0. The fraction of sp³-hybridized carbons (Fsp3) is 0.458. The number of aliphatic hydroxyl groups excluding tert-OH is 1. The quantitative estimate of drug-likeness (QED) is 0.565. The molecule has 188 valence electrons. The Balaban J connectivity index is 1.22. The zero-order valence-corrected chi connectivity index (χ0v) is 19.4. The molecule has 2 atom stereocenters. The lowest BCUT2D eigenvalue weighted by atomic mass is 9.85. The molecule has 2 heterocycles. The SMILES string of the molecule is O=C(NCc1ccc(C(F)(F)F)cn1)C1CCC(NC(=O)C2CC(O)c3cc(Cl)ccc3O2)CC1. The summed E-state index contributed by atoms with van der Waals surface area (Å²) in [6.07, 6.45) is -2.94. The van der Waals surface area contributed by atoms with Crippen LogP contribution in [0.15, 0.2) is 36.5 Å². The van der Waals surface area contributed by atoms with Crippen molar-refractivity contribution in [3.05, 3.63) is 58.4 Å². The van der Waals surface area contributed by atoms with Crippen molar-refractivity contribution in [1.29, 1.82) is 0 Å². The molecule has 1 aliphatic carbocycles. The predicted molar refractivity (Wildman–Crippen MR) is 120 cm³/mol. The molecule has 2 aromatic rings. The molecule has 2 amide bonds. The number of nitrogens with zero attached hydrogens (tertiary/aromatic N) is 1. The van der Waals surface area contributed by atoms with E-state index in [0.29, 0.717) is 47.7 Å². The first-order chi connectivity index (χ1) is 16.6. The van der Waals surface area contributed by atoms with Crippen molar-refractivity contribution in [1.82, 2.24) is 15.6 Å². The summed E-state index contributed by atoms with van der Waals surface area (Å²) in [5, 5.41) is 16.5. The minimum absolute atomic E-state index is 0.0433. The third kappa shape index (κ3) is 6.24. The Labute approximate surface area is 205 Å². The van der Waals surface area contributed by atoms with E-state index in [9.17, 15) is 27.9 Å². The number of fused-ring (bicyclic) bond motifs is 1. The molecule has 0 bridgehead atoms. The Morgan fingerprint density at radius 3 is 2.51 bits per heavy atom. The van der Waals surface area contributed by atoms with Crippen LogP contribution in [-0.2, 0) is 22.3 Å². The number of amides is 2. The van der Waals surface area contributed by atoms with E-state index >= 15 is 0 Å². The van der Waals surface area contributed by atoms with Crippen molar-refractivity contribution < 1.29 is 32.6 Å². The second-order valence-corrected chi connectivity index (χ2v) is 9.29. The number of halogens is 4. The largest absolute Gasteiger partial charge is 0.480 e. The lowest BCUT2D eigenvalue weighted by molar-refractivity contribution is -0.138. The molecule has 2 unspecified atom stereocenters. The van der Waals surface area contributed by atoms with Gasteiger partial charge in [-0.1, -0.05) is 11.6 Å². The number of alkyl halides is 3. The van der Waals surface area contributed by atoms with Crippen molar-refractivity contribution in [2.24, 2.45) is 5.92 Å². The first kappa shape index (κ1) is 25.2. The van der Waals surface area contributed by atoms with Crippen LogP contribution in [0.5, 0.6) is 5.75 Å². The van der Waals surface area contributed by atoms with Gasteiger partial charge in [-0.15, -0.1) is 0 Å². The van der Waals surface area contributed by atoms with Crippen molar-refractivity contribution in [3.63, 3.8) is 0 Å². The molecule has 1 aromatic heterocycles. The molecule has 3 N–H and O–H groups in total. The molecule has 0 spiro atoms. The summed E-state index contributed by atoms with van der Waals surface area (Å²) in [5.41, 5.74) is 0.0556. The summed E-state index contributed by atoms with van der Waals surface area (Å²) in [5.74, 6) is -0.324. The number of rotatable bonds is 5. The van der Waals surface area contributed by atoms with Crippen molar-refractivity contribution in [3.8, 4) is 5.75 Å². The van der Waals surface area contributed by atoms with E-state index in [-0.39, 0.29) is 36.7 Å². The molecule has 1 fully saturated rings. The van der Waals surface area contributed by atoms with Gasteiger partial charge in [0.15, 0.2) is 6.10 Å². The van der Waals surface area contributed by atoms with E-state index in [4.69, 9.17) is 16.3 Å². The molecular formula is C24H25ClF3N3O4. The number of aliphatic hydroxyl groups is 1. The molecule has 1 saturated carbocycles. The number of benzene rings is 1. The molecular weight excluding hydrogens is 487 g/mol. The van der Waals surface area contributed by atoms with Gasteiger partial charge in [-0.25, -0.2) is 0 Å². The predicted octanol–water partition coefficient (Wildman–Crippen LogP) is 3.93. The van der Waals surface area contributed by atoms with Crippen LogP contribution in [0.1, 0.15) is 55.0 Å². The van der Waals surface area contributed by atoms with Gasteiger partial charge in [0.25, 0.3) is 5.91 Å². The van der Waals surface area contributed by atoms with Gasteiger partial charge < -0.3 is 20.5 Å². The normalized spacial score (nSPS) is 24.1. The minimum Gasteiger partial charge on any atom is -0.480 e. The van der Waals surface area contributed by atoms with Gasteiger partial charge in [-0.05, 0) is 56.0 Å². The highest BCUT2D eigenvalue weighted by atomic mass is 35.5. The Hall–Kier alpha value is -2.85. The molecule has 4 rings (SSSR count). The van der Waals surface area contributed by atoms with Gasteiger partial charge >= 0.3 is 6.18 Å². The summed E-state index contributed by atoms with van der Waals surface area (Å²) in [6, 6.07) is 6.95. The Bertz CT molecular complexity index is 1070. The van der Waals surface area contributed by atoms with Crippen LogP contribution in [0.4, 0.5) is 13.2 Å². The molecule has 2 aliphatic rings. The van der Waals surface area contributed by atoms with Crippen molar-refractivity contribution >= 4 is 23.4 Å². The molecule has 35 heavy (non-hydrogen) atoms. The lowest BCUT2D eigenvalue weighted by Gasteiger charge is -2.32. The second kappa shape index (κ2) is 10.4. The van der Waals surface area contributed by atoms with Gasteiger partial charge in [-0.3, -0.25) is 14.6 Å². The summed E-state index contributed by atoms with van der Waals surface area (Å²) in [6.45, 7) is 0.0433. The molecule has 7 nitrogen and oxygen atoms in total. The number of ether oxygens (including phenoxy) is 1. The number of hydrogen-bond acceptors (Lipinski definition) is 5. The fourth-order valence-corrected chi connectivity index (χ4v) is 4.57. The van der Waals surface area contributed by atoms with Gasteiger partial charge in [0.2, 0.25) is 5.91 Å². The zero-order valence-electron chi connectivity index (χ0n) is 18.6.